The molecule has 0 aliphatic rings. The van der Waals surface area contributed by atoms with Crippen molar-refractivity contribution in [3.05, 3.63) is 95.3 Å². The van der Waals surface area contributed by atoms with Crippen LogP contribution in [0.25, 0.3) is 0 Å². The third kappa shape index (κ3) is 4.52. The molecule has 3 aromatic rings. The minimum absolute atomic E-state index is 0.0262. The summed E-state index contributed by atoms with van der Waals surface area (Å²) in [5.74, 6) is -0.726. The van der Waals surface area contributed by atoms with Gasteiger partial charge in [-0.25, -0.2) is 12.8 Å². The second kappa shape index (κ2) is 8.67. The summed E-state index contributed by atoms with van der Waals surface area (Å²) in [5, 5.41) is 0. The summed E-state index contributed by atoms with van der Waals surface area (Å²) >= 11 is 0. The minimum atomic E-state index is -3.85. The highest BCUT2D eigenvalue weighted by Gasteiger charge is 2.24. The van der Waals surface area contributed by atoms with Crippen molar-refractivity contribution in [2.24, 2.45) is 0 Å². The number of aryl methyl sites for hydroxylation is 1. The van der Waals surface area contributed by atoms with Crippen LogP contribution in [0.3, 0.4) is 0 Å². The van der Waals surface area contributed by atoms with Crippen molar-refractivity contribution in [2.75, 3.05) is 18.4 Å². The standard InChI is InChI=1S/C23H23FN2O3S/c1-17-8-4-5-13-22(17)26(3)30(28,29)21-12-7-10-19(15-21)23(27)25(2)16-18-9-6-11-20(24)14-18/h4-15H,16H2,1-3H3. The van der Waals surface area contributed by atoms with Crippen LogP contribution >= 0.6 is 0 Å². The lowest BCUT2D eigenvalue weighted by Gasteiger charge is -2.22. The predicted octanol–water partition coefficient (Wildman–Crippen LogP) is 4.23. The number of carbonyl (C=O) groups excluding carboxylic acids is 1. The number of sulfonamides is 1. The first-order valence-electron chi connectivity index (χ1n) is 9.34. The summed E-state index contributed by atoms with van der Waals surface area (Å²) < 4.78 is 40.8. The van der Waals surface area contributed by atoms with Gasteiger partial charge in [-0.1, -0.05) is 36.4 Å². The molecule has 0 fully saturated rings. The van der Waals surface area contributed by atoms with Crippen molar-refractivity contribution in [1.82, 2.24) is 4.90 Å². The molecular formula is C23H23FN2O3S. The fourth-order valence-electron chi connectivity index (χ4n) is 3.20. The zero-order chi connectivity index (χ0) is 21.9. The highest BCUT2D eigenvalue weighted by Crippen LogP contribution is 2.25. The van der Waals surface area contributed by atoms with Crippen molar-refractivity contribution >= 4 is 21.6 Å². The number of carbonyl (C=O) groups is 1. The number of hydrogen-bond donors (Lipinski definition) is 0. The molecule has 3 aromatic carbocycles. The lowest BCUT2D eigenvalue weighted by molar-refractivity contribution is 0.0784. The van der Waals surface area contributed by atoms with Crippen molar-refractivity contribution in [3.63, 3.8) is 0 Å². The number of halogens is 1. The number of hydrogen-bond acceptors (Lipinski definition) is 3. The van der Waals surface area contributed by atoms with E-state index in [9.17, 15) is 17.6 Å². The molecule has 30 heavy (non-hydrogen) atoms. The Labute approximate surface area is 176 Å². The molecule has 0 radical (unpaired) electrons. The molecule has 0 atom stereocenters. The highest BCUT2D eigenvalue weighted by molar-refractivity contribution is 7.92. The van der Waals surface area contributed by atoms with E-state index >= 15 is 0 Å². The Morgan fingerprint density at radius 3 is 2.33 bits per heavy atom. The van der Waals surface area contributed by atoms with Gasteiger partial charge in [-0.3, -0.25) is 9.10 Å². The molecule has 156 valence electrons. The Bertz CT molecular complexity index is 1180. The van der Waals surface area contributed by atoms with Gasteiger partial charge in [0, 0.05) is 26.2 Å². The van der Waals surface area contributed by atoms with Gasteiger partial charge in [-0.2, -0.15) is 0 Å². The first-order valence-corrected chi connectivity index (χ1v) is 10.8. The average molecular weight is 427 g/mol. The molecule has 7 heteroatoms. The van der Waals surface area contributed by atoms with Crippen molar-refractivity contribution in [2.45, 2.75) is 18.4 Å². The summed E-state index contributed by atoms with van der Waals surface area (Å²) in [6.07, 6.45) is 0. The predicted molar refractivity (Wildman–Crippen MR) is 115 cm³/mol. The Morgan fingerprint density at radius 1 is 0.933 bits per heavy atom. The zero-order valence-corrected chi connectivity index (χ0v) is 17.9. The van der Waals surface area contributed by atoms with Gasteiger partial charge in [0.1, 0.15) is 5.82 Å². The number of anilines is 1. The van der Waals surface area contributed by atoms with E-state index in [1.165, 1.54) is 40.5 Å². The maximum absolute atomic E-state index is 13.4. The summed E-state index contributed by atoms with van der Waals surface area (Å²) in [4.78, 5) is 14.3. The molecule has 5 nitrogen and oxygen atoms in total. The number of nitrogens with zero attached hydrogens (tertiary/aromatic N) is 2. The average Bonchev–Trinajstić information content (AvgIpc) is 2.73. The van der Waals surface area contributed by atoms with Gasteiger partial charge >= 0.3 is 0 Å². The van der Waals surface area contributed by atoms with Crippen LogP contribution in [-0.2, 0) is 16.6 Å². The molecule has 3 rings (SSSR count). The van der Waals surface area contributed by atoms with Gasteiger partial charge in [0.25, 0.3) is 15.9 Å². The minimum Gasteiger partial charge on any atom is -0.337 e. The normalized spacial score (nSPS) is 11.2. The monoisotopic (exact) mass is 426 g/mol. The Hall–Kier alpha value is -3.19. The molecule has 0 aliphatic heterocycles. The molecule has 0 saturated heterocycles. The SMILES string of the molecule is Cc1ccccc1N(C)S(=O)(=O)c1cccc(C(=O)N(C)Cc2cccc(F)c2)c1. The van der Waals surface area contributed by atoms with E-state index in [-0.39, 0.29) is 28.7 Å². The summed E-state index contributed by atoms with van der Waals surface area (Å²) in [6, 6.07) is 19.1. The van der Waals surface area contributed by atoms with E-state index in [1.54, 1.807) is 43.4 Å². The topological polar surface area (TPSA) is 57.7 Å². The number of para-hydroxylation sites is 1. The third-order valence-corrected chi connectivity index (χ3v) is 6.62. The van der Waals surface area contributed by atoms with Crippen molar-refractivity contribution in [1.29, 1.82) is 0 Å². The lowest BCUT2D eigenvalue weighted by Crippen LogP contribution is -2.29. The number of benzene rings is 3. The molecular weight excluding hydrogens is 403 g/mol. The van der Waals surface area contributed by atoms with Crippen LogP contribution in [0.2, 0.25) is 0 Å². The van der Waals surface area contributed by atoms with Gasteiger partial charge < -0.3 is 4.90 Å². The molecule has 0 unspecified atom stereocenters. The van der Waals surface area contributed by atoms with E-state index in [0.717, 1.165) is 5.56 Å². The largest absolute Gasteiger partial charge is 0.337 e. The van der Waals surface area contributed by atoms with Crippen LogP contribution in [0.1, 0.15) is 21.5 Å². The zero-order valence-electron chi connectivity index (χ0n) is 17.0. The van der Waals surface area contributed by atoms with E-state index in [2.05, 4.69) is 0 Å². The first kappa shape index (κ1) is 21.5. The Kier molecular flexibility index (Phi) is 6.22. The van der Waals surface area contributed by atoms with Crippen LogP contribution in [0.5, 0.6) is 0 Å². The lowest BCUT2D eigenvalue weighted by atomic mass is 10.1. The fourth-order valence-corrected chi connectivity index (χ4v) is 4.50. The summed E-state index contributed by atoms with van der Waals surface area (Å²) in [5.41, 5.74) is 2.28. The maximum Gasteiger partial charge on any atom is 0.264 e. The fraction of sp³-hybridized carbons (Fsp3) is 0.174. The Morgan fingerprint density at radius 2 is 1.63 bits per heavy atom. The third-order valence-electron chi connectivity index (χ3n) is 4.85. The van der Waals surface area contributed by atoms with E-state index in [1.807, 2.05) is 19.1 Å². The van der Waals surface area contributed by atoms with Crippen molar-refractivity contribution in [3.8, 4) is 0 Å². The van der Waals surface area contributed by atoms with Crippen LogP contribution in [0.15, 0.2) is 77.7 Å². The van der Waals surface area contributed by atoms with E-state index < -0.39 is 10.0 Å². The Balaban J connectivity index is 1.86. The van der Waals surface area contributed by atoms with E-state index in [4.69, 9.17) is 0 Å². The second-order valence-electron chi connectivity index (χ2n) is 7.08. The molecule has 1 amide bonds. The van der Waals surface area contributed by atoms with Crippen LogP contribution in [0, 0.1) is 12.7 Å². The van der Waals surface area contributed by atoms with Crippen LogP contribution in [-0.4, -0.2) is 33.3 Å². The van der Waals surface area contributed by atoms with Gasteiger partial charge in [-0.05, 0) is 54.4 Å². The summed E-state index contributed by atoms with van der Waals surface area (Å²) in [6.45, 7) is 2.04. The number of rotatable bonds is 6. The van der Waals surface area contributed by atoms with Crippen LogP contribution < -0.4 is 4.31 Å². The quantitative estimate of drug-likeness (QED) is 0.593. The number of amides is 1. The molecule has 0 bridgehead atoms. The molecule has 0 aromatic heterocycles. The van der Waals surface area contributed by atoms with Crippen molar-refractivity contribution < 1.29 is 17.6 Å². The van der Waals surface area contributed by atoms with E-state index in [0.29, 0.717) is 11.3 Å². The molecule has 0 heterocycles. The van der Waals surface area contributed by atoms with Gasteiger partial charge in [0.05, 0.1) is 10.6 Å². The van der Waals surface area contributed by atoms with Gasteiger partial charge in [0.15, 0.2) is 0 Å². The molecule has 0 N–H and O–H groups in total. The van der Waals surface area contributed by atoms with Gasteiger partial charge in [-0.15, -0.1) is 0 Å². The molecule has 0 spiro atoms. The first-order chi connectivity index (χ1) is 14.2. The van der Waals surface area contributed by atoms with Crippen LogP contribution in [0.4, 0.5) is 10.1 Å². The second-order valence-corrected chi connectivity index (χ2v) is 9.05. The molecule has 0 aliphatic carbocycles. The smallest absolute Gasteiger partial charge is 0.264 e. The highest BCUT2D eigenvalue weighted by atomic mass is 32.2. The van der Waals surface area contributed by atoms with Gasteiger partial charge in [0.2, 0.25) is 0 Å². The molecule has 0 saturated carbocycles. The maximum atomic E-state index is 13.4. The summed E-state index contributed by atoms with van der Waals surface area (Å²) in [7, 11) is -0.768.